The van der Waals surface area contributed by atoms with Gasteiger partial charge in [-0.05, 0) is 12.8 Å². The Bertz CT molecular complexity index is 216. The molecule has 13 heavy (non-hydrogen) atoms. The summed E-state index contributed by atoms with van der Waals surface area (Å²) in [6.07, 6.45) is 2.16. The van der Waals surface area contributed by atoms with Gasteiger partial charge in [-0.1, -0.05) is 6.92 Å². The molecule has 1 heterocycles. The Labute approximate surface area is 78.3 Å². The van der Waals surface area contributed by atoms with E-state index in [9.17, 15) is 9.59 Å². The molecule has 4 nitrogen and oxygen atoms in total. The molecule has 1 aliphatic rings. The van der Waals surface area contributed by atoms with E-state index >= 15 is 0 Å². The van der Waals surface area contributed by atoms with Gasteiger partial charge in [0.25, 0.3) is 0 Å². The summed E-state index contributed by atoms with van der Waals surface area (Å²) in [5.41, 5.74) is 0. The van der Waals surface area contributed by atoms with E-state index < -0.39 is 0 Å². The fourth-order valence-corrected chi connectivity index (χ4v) is 1.71. The molecule has 1 saturated heterocycles. The topological polar surface area (TPSA) is 49.4 Å². The van der Waals surface area contributed by atoms with Crippen LogP contribution < -0.4 is 5.32 Å². The van der Waals surface area contributed by atoms with Crippen molar-refractivity contribution in [2.24, 2.45) is 0 Å². The molecule has 0 radical (unpaired) electrons. The largest absolute Gasteiger partial charge is 0.357 e. The van der Waals surface area contributed by atoms with E-state index in [1.807, 2.05) is 6.92 Å². The molecule has 1 atom stereocenters. The molecule has 2 amide bonds. The second kappa shape index (κ2) is 4.25. The van der Waals surface area contributed by atoms with Crippen LogP contribution in [0.2, 0.25) is 0 Å². The highest BCUT2D eigenvalue weighted by Gasteiger charge is 2.30. The number of nitrogens with one attached hydrogen (secondary N) is 1. The average Bonchev–Trinajstić information content (AvgIpc) is 2.53. The van der Waals surface area contributed by atoms with Crippen LogP contribution in [0, 0.1) is 0 Å². The van der Waals surface area contributed by atoms with Crippen LogP contribution >= 0.6 is 0 Å². The van der Waals surface area contributed by atoms with E-state index in [0.29, 0.717) is 12.8 Å². The van der Waals surface area contributed by atoms with Crippen LogP contribution in [0.1, 0.15) is 26.2 Å². The molecular formula is C9H16N2O2. The van der Waals surface area contributed by atoms with Crippen molar-refractivity contribution in [2.45, 2.75) is 32.2 Å². The molecule has 1 N–H and O–H groups in total. The first-order valence-electron chi connectivity index (χ1n) is 4.71. The van der Waals surface area contributed by atoms with E-state index in [1.54, 1.807) is 11.9 Å². The molecule has 0 bridgehead atoms. The summed E-state index contributed by atoms with van der Waals surface area (Å²) in [5, 5.41) is 2.58. The zero-order valence-electron chi connectivity index (χ0n) is 8.17. The lowest BCUT2D eigenvalue weighted by Crippen LogP contribution is -2.46. The van der Waals surface area contributed by atoms with Gasteiger partial charge >= 0.3 is 0 Å². The third-order valence-electron chi connectivity index (χ3n) is 2.42. The summed E-state index contributed by atoms with van der Waals surface area (Å²) in [4.78, 5) is 24.4. The first kappa shape index (κ1) is 10.0. The van der Waals surface area contributed by atoms with Gasteiger partial charge in [0.1, 0.15) is 6.04 Å². The number of hydrogen-bond acceptors (Lipinski definition) is 2. The van der Waals surface area contributed by atoms with Gasteiger partial charge in [0.2, 0.25) is 11.8 Å². The fourth-order valence-electron chi connectivity index (χ4n) is 1.71. The van der Waals surface area contributed by atoms with Crippen LogP contribution in [0.15, 0.2) is 0 Å². The van der Waals surface area contributed by atoms with Crippen LogP contribution in [0.4, 0.5) is 0 Å². The Balaban J connectivity index is 2.65. The molecule has 0 spiro atoms. The molecule has 1 rings (SSSR count). The van der Waals surface area contributed by atoms with Crippen molar-refractivity contribution in [2.75, 3.05) is 13.6 Å². The number of amides is 2. The Morgan fingerprint density at radius 3 is 2.77 bits per heavy atom. The summed E-state index contributed by atoms with van der Waals surface area (Å²) in [7, 11) is 1.60. The first-order valence-corrected chi connectivity index (χ1v) is 4.71. The maximum Gasteiger partial charge on any atom is 0.242 e. The quantitative estimate of drug-likeness (QED) is 0.678. The number of hydrogen-bond donors (Lipinski definition) is 1. The van der Waals surface area contributed by atoms with Crippen molar-refractivity contribution >= 4 is 11.8 Å². The average molecular weight is 184 g/mol. The first-order chi connectivity index (χ1) is 6.20. The Morgan fingerprint density at radius 1 is 1.69 bits per heavy atom. The molecule has 74 valence electrons. The number of rotatable bonds is 3. The van der Waals surface area contributed by atoms with Crippen LogP contribution in [0.25, 0.3) is 0 Å². The minimum atomic E-state index is -0.264. The van der Waals surface area contributed by atoms with Crippen LogP contribution in [-0.4, -0.2) is 36.3 Å². The van der Waals surface area contributed by atoms with Crippen molar-refractivity contribution in [1.29, 1.82) is 0 Å². The van der Waals surface area contributed by atoms with Crippen molar-refractivity contribution in [3.8, 4) is 0 Å². The highest BCUT2D eigenvalue weighted by atomic mass is 16.2. The molecule has 0 aromatic rings. The van der Waals surface area contributed by atoms with Crippen molar-refractivity contribution in [3.63, 3.8) is 0 Å². The van der Waals surface area contributed by atoms with Crippen LogP contribution in [0.3, 0.4) is 0 Å². The Kier molecular flexibility index (Phi) is 3.28. The Hall–Kier alpha value is -1.06. The number of likely N-dealkylation sites (tertiary alicyclic amines) is 1. The van der Waals surface area contributed by atoms with Gasteiger partial charge in [-0.2, -0.15) is 0 Å². The monoisotopic (exact) mass is 184 g/mol. The predicted octanol–water partition coefficient (Wildman–Crippen LogP) is 0.133. The molecule has 0 saturated carbocycles. The minimum Gasteiger partial charge on any atom is -0.357 e. The van der Waals surface area contributed by atoms with Crippen LogP contribution in [-0.2, 0) is 9.59 Å². The number of carbonyl (C=O) groups excluding carboxylic acids is 2. The molecule has 0 aromatic carbocycles. The molecule has 1 fully saturated rings. The lowest BCUT2D eigenvalue weighted by atomic mass is 10.2. The summed E-state index contributed by atoms with van der Waals surface area (Å²) < 4.78 is 0. The predicted molar refractivity (Wildman–Crippen MR) is 49.1 cm³/mol. The summed E-state index contributed by atoms with van der Waals surface area (Å²) in [6.45, 7) is 2.65. The van der Waals surface area contributed by atoms with E-state index in [1.165, 1.54) is 0 Å². The maximum atomic E-state index is 11.4. The zero-order valence-corrected chi connectivity index (χ0v) is 8.17. The zero-order chi connectivity index (χ0) is 9.84. The van der Waals surface area contributed by atoms with Crippen molar-refractivity contribution in [1.82, 2.24) is 10.2 Å². The lowest BCUT2D eigenvalue weighted by Gasteiger charge is -2.24. The second-order valence-electron chi connectivity index (χ2n) is 3.23. The highest BCUT2D eigenvalue weighted by Crippen LogP contribution is 2.15. The van der Waals surface area contributed by atoms with Crippen molar-refractivity contribution < 1.29 is 9.59 Å². The normalized spacial score (nSPS) is 18.9. The standard InChI is InChI=1S/C9H16N2O2/c1-3-7(9(13)10-2)11-6-4-5-8(11)12/h7H,3-6H2,1-2H3,(H,10,13)/t7-/m0/s1. The maximum absolute atomic E-state index is 11.4. The number of carbonyl (C=O) groups is 2. The highest BCUT2D eigenvalue weighted by molar-refractivity contribution is 5.88. The number of likely N-dealkylation sites (N-methyl/N-ethyl adjacent to an activating group) is 1. The van der Waals surface area contributed by atoms with Gasteiger partial charge < -0.3 is 10.2 Å². The third kappa shape index (κ3) is 1.99. The van der Waals surface area contributed by atoms with Gasteiger partial charge in [0.15, 0.2) is 0 Å². The fraction of sp³-hybridized carbons (Fsp3) is 0.778. The summed E-state index contributed by atoms with van der Waals surface area (Å²) in [6, 6.07) is -0.264. The minimum absolute atomic E-state index is 0.0576. The molecule has 0 unspecified atom stereocenters. The molecule has 0 aliphatic carbocycles. The van der Waals surface area contributed by atoms with Gasteiger partial charge in [-0.3, -0.25) is 9.59 Å². The van der Waals surface area contributed by atoms with Crippen LogP contribution in [0.5, 0.6) is 0 Å². The van der Waals surface area contributed by atoms with Gasteiger partial charge in [-0.15, -0.1) is 0 Å². The van der Waals surface area contributed by atoms with E-state index in [-0.39, 0.29) is 17.9 Å². The molecular weight excluding hydrogens is 168 g/mol. The van der Waals surface area contributed by atoms with E-state index in [2.05, 4.69) is 5.32 Å². The summed E-state index contributed by atoms with van der Waals surface area (Å²) in [5.74, 6) is 0.0493. The third-order valence-corrected chi connectivity index (χ3v) is 2.42. The second-order valence-corrected chi connectivity index (χ2v) is 3.23. The van der Waals surface area contributed by atoms with E-state index in [4.69, 9.17) is 0 Å². The SMILES string of the molecule is CC[C@@H](C(=O)NC)N1CCCC1=O. The number of nitrogens with zero attached hydrogens (tertiary/aromatic N) is 1. The smallest absolute Gasteiger partial charge is 0.242 e. The lowest BCUT2D eigenvalue weighted by molar-refractivity contribution is -0.137. The van der Waals surface area contributed by atoms with Crippen molar-refractivity contribution in [3.05, 3.63) is 0 Å². The summed E-state index contributed by atoms with van der Waals surface area (Å²) >= 11 is 0. The van der Waals surface area contributed by atoms with Gasteiger partial charge in [0.05, 0.1) is 0 Å². The molecule has 4 heteroatoms. The van der Waals surface area contributed by atoms with Gasteiger partial charge in [-0.25, -0.2) is 0 Å². The molecule has 0 aromatic heterocycles. The van der Waals surface area contributed by atoms with Gasteiger partial charge in [0, 0.05) is 20.0 Å². The Morgan fingerprint density at radius 2 is 2.38 bits per heavy atom. The molecule has 1 aliphatic heterocycles. The van der Waals surface area contributed by atoms with E-state index in [0.717, 1.165) is 13.0 Å².